The van der Waals surface area contributed by atoms with Gasteiger partial charge in [0.15, 0.2) is 0 Å². The third-order valence-corrected chi connectivity index (χ3v) is 4.20. The van der Waals surface area contributed by atoms with Gasteiger partial charge in [0.1, 0.15) is 17.0 Å². The van der Waals surface area contributed by atoms with Crippen LogP contribution in [0, 0.1) is 6.92 Å². The topological polar surface area (TPSA) is 75.4 Å². The average molecular weight is 363 g/mol. The largest absolute Gasteiger partial charge is 0.360 e. The molecule has 2 amide bonds. The molecule has 0 aliphatic rings. The van der Waals surface area contributed by atoms with E-state index in [-0.39, 0.29) is 11.8 Å². The lowest BCUT2D eigenvalue weighted by molar-refractivity contribution is 0.0827. The third-order valence-electron chi connectivity index (χ3n) is 4.20. The molecule has 1 N–H and O–H groups in total. The van der Waals surface area contributed by atoms with E-state index in [1.165, 1.54) is 4.90 Å². The van der Waals surface area contributed by atoms with Crippen molar-refractivity contribution in [2.75, 3.05) is 14.1 Å². The minimum atomic E-state index is -0.249. The SMILES string of the molecule is Cc1onc(-c2ccccc2)c1C(=O)NCc1ccc(C(=O)N(C)C)cc1. The van der Waals surface area contributed by atoms with E-state index in [0.717, 1.165) is 11.1 Å². The van der Waals surface area contributed by atoms with Crippen LogP contribution in [-0.4, -0.2) is 36.0 Å². The van der Waals surface area contributed by atoms with E-state index in [9.17, 15) is 9.59 Å². The Morgan fingerprint density at radius 2 is 1.70 bits per heavy atom. The highest BCUT2D eigenvalue weighted by atomic mass is 16.5. The Morgan fingerprint density at radius 3 is 2.33 bits per heavy atom. The smallest absolute Gasteiger partial charge is 0.257 e. The molecule has 0 radical (unpaired) electrons. The fraction of sp³-hybridized carbons (Fsp3) is 0.190. The molecule has 0 aliphatic carbocycles. The van der Waals surface area contributed by atoms with Gasteiger partial charge in [-0.1, -0.05) is 47.6 Å². The summed E-state index contributed by atoms with van der Waals surface area (Å²) in [5, 5.41) is 6.92. The summed E-state index contributed by atoms with van der Waals surface area (Å²) in [6, 6.07) is 16.6. The molecule has 0 saturated carbocycles. The van der Waals surface area contributed by atoms with Crippen molar-refractivity contribution in [1.29, 1.82) is 0 Å². The van der Waals surface area contributed by atoms with Gasteiger partial charge in [-0.2, -0.15) is 0 Å². The summed E-state index contributed by atoms with van der Waals surface area (Å²) in [6.07, 6.45) is 0. The van der Waals surface area contributed by atoms with Gasteiger partial charge < -0.3 is 14.7 Å². The van der Waals surface area contributed by atoms with E-state index in [0.29, 0.717) is 29.1 Å². The summed E-state index contributed by atoms with van der Waals surface area (Å²) in [7, 11) is 3.42. The number of nitrogens with one attached hydrogen (secondary N) is 1. The highest BCUT2D eigenvalue weighted by Crippen LogP contribution is 2.25. The zero-order chi connectivity index (χ0) is 19.4. The molecule has 0 fully saturated rings. The van der Waals surface area contributed by atoms with Crippen molar-refractivity contribution >= 4 is 11.8 Å². The van der Waals surface area contributed by atoms with E-state index in [1.807, 2.05) is 42.5 Å². The van der Waals surface area contributed by atoms with Gasteiger partial charge in [-0.05, 0) is 24.6 Å². The zero-order valence-corrected chi connectivity index (χ0v) is 15.5. The predicted octanol–water partition coefficient (Wildman–Crippen LogP) is 3.28. The van der Waals surface area contributed by atoms with Gasteiger partial charge in [0.2, 0.25) is 0 Å². The second-order valence-corrected chi connectivity index (χ2v) is 6.41. The van der Waals surface area contributed by atoms with Crippen molar-refractivity contribution in [2.24, 2.45) is 0 Å². The summed E-state index contributed by atoms with van der Waals surface area (Å²) in [6.45, 7) is 2.06. The second kappa shape index (κ2) is 7.86. The van der Waals surface area contributed by atoms with Crippen LogP contribution in [0.1, 0.15) is 32.0 Å². The Kier molecular flexibility index (Phi) is 5.35. The minimum Gasteiger partial charge on any atom is -0.360 e. The summed E-state index contributed by atoms with van der Waals surface area (Å²) in [5.41, 5.74) is 3.29. The Balaban J connectivity index is 1.72. The molecule has 6 nitrogen and oxygen atoms in total. The first-order chi connectivity index (χ1) is 13.0. The number of aromatic nitrogens is 1. The number of carbonyl (C=O) groups is 2. The Morgan fingerprint density at radius 1 is 1.04 bits per heavy atom. The van der Waals surface area contributed by atoms with Crippen LogP contribution < -0.4 is 5.32 Å². The molecule has 1 heterocycles. The van der Waals surface area contributed by atoms with Gasteiger partial charge in [-0.25, -0.2) is 0 Å². The molecule has 2 aromatic carbocycles. The summed E-state index contributed by atoms with van der Waals surface area (Å²) in [5.74, 6) is 0.164. The monoisotopic (exact) mass is 363 g/mol. The molecule has 3 rings (SSSR count). The molecule has 0 spiro atoms. The molecular formula is C21H21N3O3. The molecule has 3 aromatic rings. The van der Waals surface area contributed by atoms with Crippen LogP contribution in [0.4, 0.5) is 0 Å². The van der Waals surface area contributed by atoms with Crippen molar-refractivity contribution in [3.63, 3.8) is 0 Å². The van der Waals surface area contributed by atoms with Crippen LogP contribution in [0.15, 0.2) is 59.1 Å². The van der Waals surface area contributed by atoms with Crippen LogP contribution in [0.3, 0.4) is 0 Å². The molecule has 0 bridgehead atoms. The standard InChI is InChI=1S/C21H21N3O3/c1-14-18(19(23-27-14)16-7-5-4-6-8-16)20(25)22-13-15-9-11-17(12-10-15)21(26)24(2)3/h4-12H,13H2,1-3H3,(H,22,25). The fourth-order valence-electron chi connectivity index (χ4n) is 2.73. The quantitative estimate of drug-likeness (QED) is 0.755. The number of benzene rings is 2. The highest BCUT2D eigenvalue weighted by Gasteiger charge is 2.21. The first-order valence-electron chi connectivity index (χ1n) is 8.58. The maximum Gasteiger partial charge on any atom is 0.257 e. The molecule has 0 unspecified atom stereocenters. The van der Waals surface area contributed by atoms with E-state index in [2.05, 4.69) is 10.5 Å². The van der Waals surface area contributed by atoms with E-state index in [1.54, 1.807) is 33.2 Å². The van der Waals surface area contributed by atoms with Crippen molar-refractivity contribution in [3.8, 4) is 11.3 Å². The van der Waals surface area contributed by atoms with E-state index in [4.69, 9.17) is 4.52 Å². The number of rotatable bonds is 5. The lowest BCUT2D eigenvalue weighted by atomic mass is 10.1. The first-order valence-corrected chi connectivity index (χ1v) is 8.58. The van der Waals surface area contributed by atoms with E-state index >= 15 is 0 Å². The Hall–Kier alpha value is -3.41. The van der Waals surface area contributed by atoms with Crippen molar-refractivity contribution < 1.29 is 14.1 Å². The van der Waals surface area contributed by atoms with Crippen LogP contribution in [0.2, 0.25) is 0 Å². The van der Waals surface area contributed by atoms with Crippen LogP contribution in [0.5, 0.6) is 0 Å². The van der Waals surface area contributed by atoms with Crippen LogP contribution >= 0.6 is 0 Å². The maximum atomic E-state index is 12.7. The van der Waals surface area contributed by atoms with Gasteiger partial charge in [-0.3, -0.25) is 9.59 Å². The zero-order valence-electron chi connectivity index (χ0n) is 15.5. The molecule has 27 heavy (non-hydrogen) atoms. The maximum absolute atomic E-state index is 12.7. The van der Waals surface area contributed by atoms with Gasteiger partial charge >= 0.3 is 0 Å². The molecule has 0 aliphatic heterocycles. The van der Waals surface area contributed by atoms with Gasteiger partial charge in [0.25, 0.3) is 11.8 Å². The van der Waals surface area contributed by atoms with Crippen LogP contribution in [0.25, 0.3) is 11.3 Å². The number of carbonyl (C=O) groups excluding carboxylic acids is 2. The molecular weight excluding hydrogens is 342 g/mol. The van der Waals surface area contributed by atoms with Crippen LogP contribution in [-0.2, 0) is 6.54 Å². The predicted molar refractivity (Wildman–Crippen MR) is 102 cm³/mol. The molecule has 138 valence electrons. The summed E-state index contributed by atoms with van der Waals surface area (Å²) >= 11 is 0. The first kappa shape index (κ1) is 18.4. The summed E-state index contributed by atoms with van der Waals surface area (Å²) < 4.78 is 5.23. The lowest BCUT2D eigenvalue weighted by Gasteiger charge is -2.11. The second-order valence-electron chi connectivity index (χ2n) is 6.41. The normalized spacial score (nSPS) is 10.5. The Labute approximate surface area is 157 Å². The van der Waals surface area contributed by atoms with Crippen molar-refractivity contribution in [1.82, 2.24) is 15.4 Å². The number of nitrogens with zero attached hydrogens (tertiary/aromatic N) is 2. The summed E-state index contributed by atoms with van der Waals surface area (Å²) in [4.78, 5) is 26.1. The lowest BCUT2D eigenvalue weighted by Crippen LogP contribution is -2.24. The number of amides is 2. The average Bonchev–Trinajstić information content (AvgIpc) is 3.08. The Bertz CT molecular complexity index is 945. The molecule has 1 aromatic heterocycles. The molecule has 0 saturated heterocycles. The van der Waals surface area contributed by atoms with Gasteiger partial charge in [0, 0.05) is 31.8 Å². The van der Waals surface area contributed by atoms with Crippen molar-refractivity contribution in [3.05, 3.63) is 77.0 Å². The minimum absolute atomic E-state index is 0.0572. The molecule has 0 atom stereocenters. The molecule has 6 heteroatoms. The number of hydrogen-bond acceptors (Lipinski definition) is 4. The highest BCUT2D eigenvalue weighted by molar-refractivity contribution is 6.00. The number of aryl methyl sites for hydroxylation is 1. The third kappa shape index (κ3) is 4.06. The fourth-order valence-corrected chi connectivity index (χ4v) is 2.73. The van der Waals surface area contributed by atoms with E-state index < -0.39 is 0 Å². The number of hydrogen-bond donors (Lipinski definition) is 1. The van der Waals surface area contributed by atoms with Gasteiger partial charge in [-0.15, -0.1) is 0 Å². The van der Waals surface area contributed by atoms with Crippen molar-refractivity contribution in [2.45, 2.75) is 13.5 Å². The van der Waals surface area contributed by atoms with Gasteiger partial charge in [0.05, 0.1) is 0 Å².